The first-order valence-electron chi connectivity index (χ1n) is 31.1. The molecule has 3 aliphatic heterocycles. The predicted octanol–water partition coefficient (Wildman–Crippen LogP) is 3.17. The second-order valence-corrected chi connectivity index (χ2v) is 22.9. The van der Waals surface area contributed by atoms with Gasteiger partial charge in [0.2, 0.25) is 11.8 Å². The summed E-state index contributed by atoms with van der Waals surface area (Å²) in [4.78, 5) is 38.4. The van der Waals surface area contributed by atoms with E-state index in [4.69, 9.17) is 28.4 Å². The van der Waals surface area contributed by atoms with E-state index in [1.165, 1.54) is 116 Å². The molecule has 3 saturated heterocycles. The van der Waals surface area contributed by atoms with Crippen molar-refractivity contribution in [3.05, 3.63) is 12.2 Å². The van der Waals surface area contributed by atoms with E-state index < -0.39 is 155 Å². The van der Waals surface area contributed by atoms with Crippen LogP contribution in [-0.4, -0.2) is 215 Å². The number of allylic oxidation sites excluding steroid dienone is 1. The Morgan fingerprint density at radius 2 is 1.13 bits per heavy atom. The van der Waals surface area contributed by atoms with Gasteiger partial charge in [-0.25, -0.2) is 4.79 Å². The number of carboxylic acids is 1. The van der Waals surface area contributed by atoms with Crippen LogP contribution in [0.4, 0.5) is 0 Å². The first-order valence-corrected chi connectivity index (χ1v) is 31.1. The van der Waals surface area contributed by atoms with Crippen LogP contribution in [0.1, 0.15) is 207 Å². The van der Waals surface area contributed by atoms with Gasteiger partial charge in [0.15, 0.2) is 12.6 Å². The molecule has 2 amide bonds. The zero-order valence-electron chi connectivity index (χ0n) is 49.3. The average molecular weight is 1180 g/mol. The average Bonchev–Trinajstić information content (AvgIpc) is 3.55. The Bertz CT molecular complexity index is 1740. The molecule has 14 N–H and O–H groups in total. The summed E-state index contributed by atoms with van der Waals surface area (Å²) in [6.07, 6.45) is 5.78. The molecule has 0 aromatic heterocycles. The van der Waals surface area contributed by atoms with Crippen molar-refractivity contribution < 1.29 is 104 Å². The highest BCUT2D eigenvalue weighted by atomic mass is 16.8. The topological polar surface area (TPSA) is 373 Å². The molecule has 0 aromatic rings. The van der Waals surface area contributed by atoms with Crippen molar-refractivity contribution in [1.82, 2.24) is 10.6 Å². The van der Waals surface area contributed by atoms with E-state index in [2.05, 4.69) is 24.5 Å². The molecule has 23 heteroatoms. The molecule has 3 aliphatic rings. The van der Waals surface area contributed by atoms with Gasteiger partial charge >= 0.3 is 5.97 Å². The number of ether oxygens (including phenoxy) is 6. The van der Waals surface area contributed by atoms with Crippen molar-refractivity contribution in [1.29, 1.82) is 0 Å². The lowest BCUT2D eigenvalue weighted by atomic mass is 9.88. The predicted molar refractivity (Wildman–Crippen MR) is 301 cm³/mol. The summed E-state index contributed by atoms with van der Waals surface area (Å²) in [7, 11) is 0. The van der Waals surface area contributed by atoms with Crippen LogP contribution in [-0.2, 0) is 42.8 Å². The molecule has 18 unspecified atom stereocenters. The third kappa shape index (κ3) is 25.4. The minimum absolute atomic E-state index is 0.204. The maximum absolute atomic E-state index is 13.4. The van der Waals surface area contributed by atoms with Crippen molar-refractivity contribution in [2.45, 2.75) is 317 Å². The second-order valence-electron chi connectivity index (χ2n) is 22.9. The van der Waals surface area contributed by atoms with Crippen molar-refractivity contribution >= 4 is 17.8 Å². The number of carbonyl (C=O) groups is 3. The molecular formula is C59H108N2O21. The molecule has 23 nitrogen and oxygen atoms in total. The number of nitrogens with one attached hydrogen (secondary N) is 2. The smallest absolute Gasteiger partial charge is 0.364 e. The van der Waals surface area contributed by atoms with E-state index in [0.717, 1.165) is 51.9 Å². The quantitative estimate of drug-likeness (QED) is 0.0307. The maximum atomic E-state index is 13.4. The fourth-order valence-corrected chi connectivity index (χ4v) is 10.9. The normalized spacial score (nSPS) is 30.2. The van der Waals surface area contributed by atoms with Gasteiger partial charge in [0.25, 0.3) is 5.79 Å². The molecule has 0 saturated carbocycles. The van der Waals surface area contributed by atoms with Gasteiger partial charge in [-0.1, -0.05) is 180 Å². The zero-order valence-corrected chi connectivity index (χ0v) is 49.3. The minimum atomic E-state index is -3.08. The number of aliphatic hydroxyl groups excluding tert-OH is 11. The molecule has 3 rings (SSSR count). The van der Waals surface area contributed by atoms with Crippen LogP contribution in [0.3, 0.4) is 0 Å². The molecule has 82 heavy (non-hydrogen) atoms. The van der Waals surface area contributed by atoms with Gasteiger partial charge in [-0.3, -0.25) is 9.59 Å². The minimum Gasteiger partial charge on any atom is -0.477 e. The van der Waals surface area contributed by atoms with Crippen LogP contribution in [0.5, 0.6) is 0 Å². The van der Waals surface area contributed by atoms with Gasteiger partial charge in [-0.05, 0) is 19.3 Å². The number of hydrogen-bond donors (Lipinski definition) is 14. The number of hydrogen-bond acceptors (Lipinski definition) is 20. The fraction of sp³-hybridized carbons (Fsp3) is 0.915. The van der Waals surface area contributed by atoms with Crippen molar-refractivity contribution in [3.8, 4) is 0 Å². The molecule has 0 spiro atoms. The fourth-order valence-electron chi connectivity index (χ4n) is 10.9. The van der Waals surface area contributed by atoms with Crippen LogP contribution in [0.15, 0.2) is 12.2 Å². The Labute approximate surface area is 486 Å². The third-order valence-corrected chi connectivity index (χ3v) is 16.0. The van der Waals surface area contributed by atoms with Crippen LogP contribution >= 0.6 is 0 Å². The van der Waals surface area contributed by atoms with Crippen LogP contribution in [0, 0.1) is 0 Å². The van der Waals surface area contributed by atoms with E-state index in [1.54, 1.807) is 6.08 Å². The Balaban J connectivity index is 1.63. The number of carbonyl (C=O) groups excluding carboxylic acids is 2. The maximum Gasteiger partial charge on any atom is 0.364 e. The summed E-state index contributed by atoms with van der Waals surface area (Å²) in [5, 5.41) is 135. The largest absolute Gasteiger partial charge is 0.477 e. The summed E-state index contributed by atoms with van der Waals surface area (Å²) in [5.74, 6) is -6.14. The lowest BCUT2D eigenvalue weighted by Crippen LogP contribution is -2.70. The van der Waals surface area contributed by atoms with E-state index in [1.807, 2.05) is 6.08 Å². The van der Waals surface area contributed by atoms with Crippen LogP contribution < -0.4 is 10.6 Å². The van der Waals surface area contributed by atoms with Gasteiger partial charge in [0.1, 0.15) is 67.1 Å². The van der Waals surface area contributed by atoms with Crippen molar-refractivity contribution in [2.24, 2.45) is 0 Å². The molecule has 3 heterocycles. The molecular weight excluding hydrogens is 1070 g/mol. The Hall–Kier alpha value is -2.53. The first-order chi connectivity index (χ1) is 39.4. The summed E-state index contributed by atoms with van der Waals surface area (Å²) in [6.45, 7) is 2.08. The lowest BCUT2D eigenvalue weighted by Gasteiger charge is -2.50. The third-order valence-electron chi connectivity index (χ3n) is 16.0. The first kappa shape index (κ1) is 73.7. The number of aliphatic hydroxyl groups is 11. The Morgan fingerprint density at radius 1 is 0.634 bits per heavy atom. The van der Waals surface area contributed by atoms with Crippen molar-refractivity contribution in [3.63, 3.8) is 0 Å². The van der Waals surface area contributed by atoms with E-state index in [9.17, 15) is 75.7 Å². The monoisotopic (exact) mass is 1180 g/mol. The number of carboxylic acid groups (broad SMARTS) is 1. The highest BCUT2D eigenvalue weighted by molar-refractivity contribution is 5.77. The van der Waals surface area contributed by atoms with Gasteiger partial charge in [-0.2, -0.15) is 0 Å². The number of unbranched alkanes of at least 4 members (excludes halogenated alkanes) is 25. The molecule has 480 valence electrons. The summed E-state index contributed by atoms with van der Waals surface area (Å²) in [6, 6.07) is -2.61. The molecule has 0 aliphatic carbocycles. The molecule has 3 fully saturated rings. The lowest BCUT2D eigenvalue weighted by molar-refractivity contribution is -0.386. The standard InChI is InChI=1S/C59H108N2O21/c1-4-6-8-10-12-14-16-17-18-19-20-21-22-23-25-27-29-31-33-46(69)61-40(41(66)32-30-28-26-24-15-13-11-9-7-5-2)38-77-56-51(73)50(72)53(45(37-64)79-56)80-57-52(74)55(49(71)44(36-63)78-57)82-59(58(75)76)34-42(67)47(60-39(3)65)54(81-59)48(70)43(68)35-62/h30,32,40-45,47-57,62-64,66-68,70-74H,4-29,31,33-38H2,1-3H3,(H,60,65)(H,61,69)(H,75,76)/b32-30+. The van der Waals surface area contributed by atoms with Crippen LogP contribution in [0.25, 0.3) is 0 Å². The number of rotatable bonds is 45. The highest BCUT2D eigenvalue weighted by Crippen LogP contribution is 2.38. The summed E-state index contributed by atoms with van der Waals surface area (Å²) in [5.41, 5.74) is 0. The van der Waals surface area contributed by atoms with E-state index >= 15 is 0 Å². The molecule has 18 atom stereocenters. The molecule has 0 radical (unpaired) electrons. The summed E-state index contributed by atoms with van der Waals surface area (Å²) >= 11 is 0. The second kappa shape index (κ2) is 41.5. The number of aliphatic carboxylic acids is 1. The van der Waals surface area contributed by atoms with Gasteiger partial charge < -0.3 is 100 Å². The Morgan fingerprint density at radius 3 is 1.62 bits per heavy atom. The van der Waals surface area contributed by atoms with E-state index in [-0.39, 0.29) is 12.3 Å². The highest BCUT2D eigenvalue weighted by Gasteiger charge is 2.60. The van der Waals surface area contributed by atoms with Crippen molar-refractivity contribution in [2.75, 3.05) is 26.4 Å². The van der Waals surface area contributed by atoms with E-state index in [0.29, 0.717) is 12.8 Å². The molecule has 0 aromatic carbocycles. The number of amides is 2. The van der Waals surface area contributed by atoms with Gasteiger partial charge in [-0.15, -0.1) is 0 Å². The zero-order chi connectivity index (χ0) is 60.5. The van der Waals surface area contributed by atoms with Crippen LogP contribution in [0.2, 0.25) is 0 Å². The summed E-state index contributed by atoms with van der Waals surface area (Å²) < 4.78 is 34.6. The molecule has 0 bridgehead atoms. The Kier molecular flexibility index (Phi) is 37.4. The SMILES string of the molecule is CCCCCCCCCC/C=C/C(O)C(COC1OC(CO)C(OC2OC(CO)C(O)C(OC3(C(=O)O)CC(O)C(NC(C)=O)C(C(O)C(O)CO)O3)C2O)C(O)C1O)NC(=O)CCCCCCCCCCCCCCCCCCCC. The van der Waals surface area contributed by atoms with Gasteiger partial charge in [0, 0.05) is 19.8 Å². The van der Waals surface area contributed by atoms with Gasteiger partial charge in [0.05, 0.1) is 50.7 Å².